The fraction of sp³-hybridized carbons (Fsp3) is 0.294. The van der Waals surface area contributed by atoms with E-state index in [1.807, 2.05) is 121 Å². The quantitative estimate of drug-likeness (QED) is 0.243. The number of hydrogen-bond donors (Lipinski definition) is 1. The Morgan fingerprint density at radius 1 is 0.436 bits per heavy atom. The third kappa shape index (κ3) is 7.85. The van der Waals surface area contributed by atoms with Crippen molar-refractivity contribution < 1.29 is 24.1 Å². The molecule has 39 heavy (non-hydrogen) atoms. The van der Waals surface area contributed by atoms with Gasteiger partial charge in [0.2, 0.25) is 0 Å². The highest BCUT2D eigenvalue weighted by atomic mass is 16.6. The average Bonchev–Trinajstić information content (AvgIpc) is 3.00. The molecule has 5 nitrogen and oxygen atoms in total. The van der Waals surface area contributed by atoms with Gasteiger partial charge in [0, 0.05) is 6.42 Å². The van der Waals surface area contributed by atoms with Crippen molar-refractivity contribution in [3.8, 4) is 0 Å². The van der Waals surface area contributed by atoms with E-state index in [2.05, 4.69) is 0 Å². The second-order valence-electron chi connectivity index (χ2n) is 9.92. The molecule has 4 aromatic carbocycles. The minimum Gasteiger partial charge on any atom is -0.390 e. The fourth-order valence-corrected chi connectivity index (χ4v) is 4.96. The summed E-state index contributed by atoms with van der Waals surface area (Å²) in [6, 6.07) is 40.1. The van der Waals surface area contributed by atoms with E-state index in [0.29, 0.717) is 32.8 Å². The summed E-state index contributed by atoms with van der Waals surface area (Å²) < 4.78 is 25.9. The van der Waals surface area contributed by atoms with Crippen LogP contribution in [0.5, 0.6) is 0 Å². The highest BCUT2D eigenvalue weighted by Crippen LogP contribution is 2.32. The maximum Gasteiger partial charge on any atom is 0.115 e. The van der Waals surface area contributed by atoms with Gasteiger partial charge in [0.05, 0.1) is 38.6 Å². The molecule has 1 aliphatic carbocycles. The third-order valence-corrected chi connectivity index (χ3v) is 7.03. The minimum atomic E-state index is -0.771. The first-order chi connectivity index (χ1) is 19.3. The van der Waals surface area contributed by atoms with Crippen molar-refractivity contribution in [1.82, 2.24) is 0 Å². The van der Waals surface area contributed by atoms with Crippen LogP contribution in [-0.4, -0.2) is 35.6 Å². The van der Waals surface area contributed by atoms with E-state index >= 15 is 0 Å². The molecule has 0 spiro atoms. The fourth-order valence-electron chi connectivity index (χ4n) is 4.96. The van der Waals surface area contributed by atoms with E-state index in [4.69, 9.17) is 18.9 Å². The van der Waals surface area contributed by atoms with Gasteiger partial charge >= 0.3 is 0 Å². The van der Waals surface area contributed by atoms with Crippen LogP contribution in [0.15, 0.2) is 121 Å². The summed E-state index contributed by atoms with van der Waals surface area (Å²) in [4.78, 5) is 0. The Balaban J connectivity index is 1.38. The molecule has 0 unspecified atom stereocenters. The Morgan fingerprint density at radius 2 is 0.769 bits per heavy atom. The second kappa shape index (κ2) is 14.2. The third-order valence-electron chi connectivity index (χ3n) is 7.03. The largest absolute Gasteiger partial charge is 0.390 e. The van der Waals surface area contributed by atoms with Crippen molar-refractivity contribution >= 4 is 0 Å². The summed E-state index contributed by atoms with van der Waals surface area (Å²) in [6.07, 6.45) is -2.32. The van der Waals surface area contributed by atoms with Crippen molar-refractivity contribution in [3.05, 3.63) is 144 Å². The summed E-state index contributed by atoms with van der Waals surface area (Å²) in [5.74, 6) is 0. The van der Waals surface area contributed by atoms with Gasteiger partial charge in [-0.15, -0.1) is 0 Å². The first kappa shape index (κ1) is 27.3. The van der Waals surface area contributed by atoms with Crippen LogP contribution in [0, 0.1) is 0 Å². The van der Waals surface area contributed by atoms with Crippen molar-refractivity contribution in [2.24, 2.45) is 0 Å². The van der Waals surface area contributed by atoms with Crippen LogP contribution in [-0.2, 0) is 45.4 Å². The molecule has 0 aliphatic heterocycles. The predicted octanol–water partition coefficient (Wildman–Crippen LogP) is 6.09. The summed E-state index contributed by atoms with van der Waals surface area (Å²) in [5, 5.41) is 11.3. The molecule has 0 saturated heterocycles. The van der Waals surface area contributed by atoms with Crippen LogP contribution in [0.2, 0.25) is 0 Å². The van der Waals surface area contributed by atoms with Gasteiger partial charge < -0.3 is 24.1 Å². The van der Waals surface area contributed by atoms with Crippen molar-refractivity contribution in [2.45, 2.75) is 63.4 Å². The number of aliphatic hydroxyl groups is 1. The lowest BCUT2D eigenvalue weighted by Gasteiger charge is -2.44. The molecule has 0 aromatic heterocycles. The molecule has 1 aliphatic rings. The SMILES string of the molecule is O[C@@H]1C[C@@H](OCc2ccccc2)[C@H](OCc2ccccc2)[C@@H](OCc2ccccc2)[C@@H]1OCc1ccccc1. The normalized spacial score (nSPS) is 22.9. The molecule has 0 amide bonds. The number of benzene rings is 4. The van der Waals surface area contributed by atoms with Crippen LogP contribution in [0.25, 0.3) is 0 Å². The van der Waals surface area contributed by atoms with Gasteiger partial charge in [-0.3, -0.25) is 0 Å². The standard InChI is InChI=1S/C34H36O5/c35-30-21-31(36-22-26-13-5-1-6-14-26)33(38-24-28-17-9-3-10-18-28)34(39-25-29-19-11-4-12-20-29)32(30)37-23-27-15-7-2-8-16-27/h1-20,30-35H,21-25H2/t30-,31-,32-,33+,34+/m1/s1. The number of rotatable bonds is 12. The molecule has 1 saturated carbocycles. The van der Waals surface area contributed by atoms with Crippen molar-refractivity contribution in [3.63, 3.8) is 0 Å². The zero-order valence-electron chi connectivity index (χ0n) is 22.0. The Bertz CT molecular complexity index is 1220. The highest BCUT2D eigenvalue weighted by Gasteiger charge is 2.47. The van der Waals surface area contributed by atoms with Crippen molar-refractivity contribution in [1.29, 1.82) is 0 Å². The highest BCUT2D eigenvalue weighted by molar-refractivity contribution is 5.16. The summed E-state index contributed by atoms with van der Waals surface area (Å²) in [5.41, 5.74) is 4.21. The van der Waals surface area contributed by atoms with Gasteiger partial charge in [0.1, 0.15) is 18.3 Å². The molecular formula is C34H36O5. The van der Waals surface area contributed by atoms with Gasteiger partial charge in [0.15, 0.2) is 0 Å². The number of ether oxygens (including phenoxy) is 4. The molecule has 0 heterocycles. The lowest BCUT2D eigenvalue weighted by molar-refractivity contribution is -0.240. The maximum atomic E-state index is 11.3. The molecule has 0 bridgehead atoms. The van der Waals surface area contributed by atoms with Gasteiger partial charge in [-0.05, 0) is 22.3 Å². The lowest BCUT2D eigenvalue weighted by atomic mass is 9.86. The average molecular weight is 525 g/mol. The van der Waals surface area contributed by atoms with Crippen molar-refractivity contribution in [2.75, 3.05) is 0 Å². The van der Waals surface area contributed by atoms with Crippen LogP contribution >= 0.6 is 0 Å². The Kier molecular flexibility index (Phi) is 9.91. The Morgan fingerprint density at radius 3 is 1.18 bits per heavy atom. The molecular weight excluding hydrogens is 488 g/mol. The van der Waals surface area contributed by atoms with Gasteiger partial charge in [-0.2, -0.15) is 0 Å². The molecule has 202 valence electrons. The number of hydrogen-bond acceptors (Lipinski definition) is 5. The smallest absolute Gasteiger partial charge is 0.115 e. The molecule has 5 heteroatoms. The van der Waals surface area contributed by atoms with Crippen LogP contribution in [0.1, 0.15) is 28.7 Å². The van der Waals surface area contributed by atoms with Gasteiger partial charge in [0.25, 0.3) is 0 Å². The van der Waals surface area contributed by atoms with E-state index in [-0.39, 0.29) is 6.10 Å². The molecule has 4 aromatic rings. The van der Waals surface area contributed by atoms with E-state index in [1.165, 1.54) is 0 Å². The predicted molar refractivity (Wildman–Crippen MR) is 151 cm³/mol. The maximum absolute atomic E-state index is 11.3. The Hall–Kier alpha value is -3.32. The zero-order chi connectivity index (χ0) is 26.7. The molecule has 1 N–H and O–H groups in total. The lowest BCUT2D eigenvalue weighted by Crippen LogP contribution is -2.59. The van der Waals surface area contributed by atoms with E-state index < -0.39 is 24.4 Å². The summed E-state index contributed by atoms with van der Waals surface area (Å²) in [6.45, 7) is 1.57. The monoisotopic (exact) mass is 524 g/mol. The van der Waals surface area contributed by atoms with Gasteiger partial charge in [-0.1, -0.05) is 121 Å². The molecule has 5 atom stereocenters. The molecule has 5 rings (SSSR count). The molecule has 1 fully saturated rings. The number of aliphatic hydroxyl groups excluding tert-OH is 1. The first-order valence-corrected chi connectivity index (χ1v) is 13.6. The van der Waals surface area contributed by atoms with E-state index in [1.54, 1.807) is 0 Å². The first-order valence-electron chi connectivity index (χ1n) is 13.6. The summed E-state index contributed by atoms with van der Waals surface area (Å²) in [7, 11) is 0. The topological polar surface area (TPSA) is 57.2 Å². The molecule has 0 radical (unpaired) electrons. The van der Waals surface area contributed by atoms with E-state index in [9.17, 15) is 5.11 Å². The van der Waals surface area contributed by atoms with Gasteiger partial charge in [-0.25, -0.2) is 0 Å². The van der Waals surface area contributed by atoms with Crippen LogP contribution in [0.4, 0.5) is 0 Å². The Labute approximate surface area is 230 Å². The van der Waals surface area contributed by atoms with E-state index in [0.717, 1.165) is 22.3 Å². The zero-order valence-corrected chi connectivity index (χ0v) is 22.0. The van der Waals surface area contributed by atoms with Crippen LogP contribution < -0.4 is 0 Å². The summed E-state index contributed by atoms with van der Waals surface area (Å²) >= 11 is 0. The second-order valence-corrected chi connectivity index (χ2v) is 9.92. The van der Waals surface area contributed by atoms with Crippen LogP contribution in [0.3, 0.4) is 0 Å². The minimum absolute atomic E-state index is 0.370.